The molecule has 124 heavy (non-hydrogen) atoms. The Morgan fingerprint density at radius 2 is 0.806 bits per heavy atom. The number of benzene rings is 3. The van der Waals surface area contributed by atoms with Gasteiger partial charge in [-0.3, -0.25) is 19.2 Å². The maximum absolute atomic E-state index is 12.2. The number of nitrogens with one attached hydrogen (secondary N) is 10. The van der Waals surface area contributed by atoms with E-state index in [1.165, 1.54) is 87.8 Å². The van der Waals surface area contributed by atoms with Gasteiger partial charge >= 0.3 is 6.09 Å². The van der Waals surface area contributed by atoms with Gasteiger partial charge in [0, 0.05) is 120 Å². The number of nitrogens with zero attached hydrogens (tertiary/aromatic N) is 2. The Morgan fingerprint density at radius 3 is 1.19 bits per heavy atom. The molecule has 2 atom stereocenters. The van der Waals surface area contributed by atoms with Crippen LogP contribution in [0.2, 0.25) is 5.02 Å². The van der Waals surface area contributed by atoms with Gasteiger partial charge in [0.25, 0.3) is 5.91 Å². The Morgan fingerprint density at radius 1 is 0.419 bits per heavy atom. The van der Waals surface area contributed by atoms with Gasteiger partial charge in [0.05, 0.1) is 12.3 Å². The van der Waals surface area contributed by atoms with Crippen LogP contribution in [-0.4, -0.2) is 141 Å². The third-order valence-corrected chi connectivity index (χ3v) is 19.7. The number of ether oxygens (including phenoxy) is 1. The van der Waals surface area contributed by atoms with Crippen molar-refractivity contribution in [1.29, 1.82) is 0 Å². The summed E-state index contributed by atoms with van der Waals surface area (Å²) >= 11 is 5.72. The molecular formula is C105H185ClN12O6. The first-order valence-corrected chi connectivity index (χ1v) is 46.6. The SMILES string of the molecule is C=C(NC(C)(C)C)C(C)C.C=C(NC(C)(C)C)C1CCC(C)CC1.C=C(NC(C)(C)C)C1CCCC1.C=C(NC(C)(C)C)C1CCCNC1.C=C(NC(C)(C)C)c1ccccc1.CC(C)(C)NC(=O)C1CCCN(C(=O)OC(C)(C)C)C1.CC(C)(C)NC(=O)Cc1ccccc1.CC(C)(C)NC(=O)c1ccc(Cl)cc1.CN1CCC(C(=O)NC(C)(C)C)CC1. The molecule has 2 unspecified atom stereocenters. The molecule has 3 aromatic rings. The zero-order valence-corrected chi connectivity index (χ0v) is 86.0. The van der Waals surface area contributed by atoms with Gasteiger partial charge in [-0.2, -0.15) is 0 Å². The predicted octanol–water partition coefficient (Wildman–Crippen LogP) is 23.1. The van der Waals surface area contributed by atoms with E-state index in [1.807, 2.05) is 152 Å². The van der Waals surface area contributed by atoms with Crippen LogP contribution >= 0.6 is 11.6 Å². The van der Waals surface area contributed by atoms with E-state index < -0.39 is 5.60 Å². The molecule has 708 valence electrons. The first kappa shape index (κ1) is 117. The second-order valence-corrected chi connectivity index (χ2v) is 45.9. The predicted molar refractivity (Wildman–Crippen MR) is 533 cm³/mol. The van der Waals surface area contributed by atoms with Crippen molar-refractivity contribution in [2.75, 3.05) is 46.3 Å². The fourth-order valence-electron chi connectivity index (χ4n) is 13.7. The summed E-state index contributed by atoms with van der Waals surface area (Å²) in [6.45, 7) is 94.2. The number of rotatable bonds is 15. The number of halogens is 1. The largest absolute Gasteiger partial charge is 0.444 e. The van der Waals surface area contributed by atoms with Gasteiger partial charge in [-0.1, -0.05) is 152 Å². The molecule has 3 aliphatic heterocycles. The second-order valence-electron chi connectivity index (χ2n) is 45.4. The van der Waals surface area contributed by atoms with Crippen LogP contribution in [0.15, 0.2) is 141 Å². The molecule has 0 bridgehead atoms. The van der Waals surface area contributed by atoms with Crippen molar-refractivity contribution in [2.45, 2.75) is 380 Å². The van der Waals surface area contributed by atoms with Crippen molar-refractivity contribution < 1.29 is 28.7 Å². The second kappa shape index (κ2) is 54.1. The normalized spacial score (nSPS) is 17.9. The zero-order chi connectivity index (χ0) is 95.8. The molecule has 5 fully saturated rings. The van der Waals surface area contributed by atoms with Crippen molar-refractivity contribution in [3.63, 3.8) is 0 Å². The summed E-state index contributed by atoms with van der Waals surface area (Å²) in [7, 11) is 2.11. The molecule has 3 aromatic carbocycles. The lowest BCUT2D eigenvalue weighted by atomic mass is 9.81. The highest BCUT2D eigenvalue weighted by atomic mass is 35.5. The van der Waals surface area contributed by atoms with Gasteiger partial charge in [0.1, 0.15) is 5.60 Å². The fourth-order valence-corrected chi connectivity index (χ4v) is 13.9. The molecule has 3 heterocycles. The van der Waals surface area contributed by atoms with Crippen molar-refractivity contribution in [1.82, 2.24) is 63.0 Å². The van der Waals surface area contributed by atoms with E-state index in [0.29, 0.717) is 47.9 Å². The quantitative estimate of drug-likeness (QED) is 0.0685. The molecule has 19 heteroatoms. The van der Waals surface area contributed by atoms with E-state index in [1.54, 1.807) is 29.2 Å². The minimum absolute atomic E-state index is 0.0192. The summed E-state index contributed by atoms with van der Waals surface area (Å²) in [6.07, 6.45) is 17.2. The number of carbonyl (C=O) groups is 5. The number of allylic oxidation sites excluding steroid dienone is 3. The van der Waals surface area contributed by atoms with Gasteiger partial charge in [-0.05, 0) is 358 Å². The Kier molecular flexibility index (Phi) is 51.0. The van der Waals surface area contributed by atoms with Crippen LogP contribution in [-0.2, 0) is 25.5 Å². The Balaban J connectivity index is 0.00000138. The smallest absolute Gasteiger partial charge is 0.410 e. The molecule has 0 spiro atoms. The molecule has 5 amide bonds. The van der Waals surface area contributed by atoms with Gasteiger partial charge in [0.2, 0.25) is 17.7 Å². The number of amides is 5. The van der Waals surface area contributed by atoms with Gasteiger partial charge < -0.3 is 67.7 Å². The molecule has 8 rings (SSSR count). The van der Waals surface area contributed by atoms with Crippen LogP contribution in [0, 0.1) is 41.4 Å². The number of likely N-dealkylation sites (tertiary alicyclic amines) is 2. The number of carbonyl (C=O) groups excluding carboxylic acids is 5. The maximum Gasteiger partial charge on any atom is 0.410 e. The maximum atomic E-state index is 12.2. The highest BCUT2D eigenvalue weighted by Gasteiger charge is 2.34. The zero-order valence-electron chi connectivity index (χ0n) is 85.2. The first-order chi connectivity index (χ1) is 56.4. The van der Waals surface area contributed by atoms with Crippen LogP contribution in [0.3, 0.4) is 0 Å². The molecule has 0 radical (unpaired) electrons. The first-order valence-electron chi connectivity index (χ1n) is 46.2. The summed E-state index contributed by atoms with van der Waals surface area (Å²) in [4.78, 5) is 63.1. The van der Waals surface area contributed by atoms with Crippen molar-refractivity contribution >= 4 is 47.0 Å². The van der Waals surface area contributed by atoms with Crippen LogP contribution < -0.4 is 53.2 Å². The van der Waals surface area contributed by atoms with E-state index >= 15 is 0 Å². The molecule has 0 aromatic heterocycles. The Bertz CT molecular complexity index is 3530. The van der Waals surface area contributed by atoms with E-state index in [0.717, 1.165) is 79.7 Å². The van der Waals surface area contributed by atoms with Crippen molar-refractivity contribution in [2.24, 2.45) is 41.4 Å². The van der Waals surface area contributed by atoms with Crippen molar-refractivity contribution in [3.8, 4) is 0 Å². The molecular weight excluding hydrogens is 1560 g/mol. The third kappa shape index (κ3) is 62.8. The van der Waals surface area contributed by atoms with Crippen LogP contribution in [0.4, 0.5) is 4.79 Å². The highest BCUT2D eigenvalue weighted by Crippen LogP contribution is 2.33. The average molecular weight is 1750 g/mol. The number of hydrogen-bond donors (Lipinski definition) is 10. The summed E-state index contributed by atoms with van der Waals surface area (Å²) in [6, 6.07) is 26.8. The lowest BCUT2D eigenvalue weighted by molar-refractivity contribution is -0.128. The topological polar surface area (TPSA) is 221 Å². The summed E-state index contributed by atoms with van der Waals surface area (Å²) in [5.74, 6) is 3.85. The highest BCUT2D eigenvalue weighted by molar-refractivity contribution is 6.30. The van der Waals surface area contributed by atoms with E-state index in [-0.39, 0.29) is 91.4 Å². The molecule has 10 N–H and O–H groups in total. The Labute approximate surface area is 764 Å². The van der Waals surface area contributed by atoms with Crippen LogP contribution in [0.1, 0.15) is 340 Å². The monoisotopic (exact) mass is 1750 g/mol. The average Bonchev–Trinajstić information content (AvgIpc) is 0.920. The lowest BCUT2D eigenvalue weighted by Gasteiger charge is -2.34. The summed E-state index contributed by atoms with van der Waals surface area (Å²) in [5, 5.41) is 33.0. The third-order valence-electron chi connectivity index (χ3n) is 19.5. The summed E-state index contributed by atoms with van der Waals surface area (Å²) in [5.41, 5.74) is 8.15. The lowest BCUT2D eigenvalue weighted by Crippen LogP contribution is -2.50. The minimum Gasteiger partial charge on any atom is -0.444 e. The van der Waals surface area contributed by atoms with E-state index in [4.69, 9.17) is 16.3 Å². The Hall–Kier alpha value is -7.28. The number of piperidine rings is 3. The van der Waals surface area contributed by atoms with E-state index in [2.05, 4.69) is 235 Å². The van der Waals surface area contributed by atoms with Gasteiger partial charge in [-0.25, -0.2) is 4.79 Å². The molecule has 18 nitrogen and oxygen atoms in total. The van der Waals surface area contributed by atoms with Crippen LogP contribution in [0.5, 0.6) is 0 Å². The van der Waals surface area contributed by atoms with Crippen LogP contribution in [0.25, 0.3) is 5.70 Å². The molecule has 2 saturated carbocycles. The fraction of sp³-hybridized carbons (Fsp3) is 0.686. The standard InChI is InChI=1S/C15H28N2O3.C13H25N.C12H17NO.C12H17N.C11H14ClNO.C11H22N2O.C11H22N2.C11H21N.C9H19N/c1-14(2,3)16-12(18)11-8-7-9-17(10-11)13(19)20-15(4,5)6;1-10-6-8-12(9-7-10)11(2)14-13(3,4)5;1-12(2,3)13-11(14)9-10-7-5-4-6-8-10;1-10(13-12(2,3)4)11-8-6-5-7-9-11;1-11(2,3)13-10(14)8-4-6-9(12)7-5-8;1-11(2,3)12-10(14)9-5-7-13(4)8-6-9;1-9(13-11(2,3)4)10-6-5-7-12-8-10;1-9(12-11(2,3)4)10-7-5-6-8-10;1-7(2)8(3)10-9(4,5)6/h11H,7-10H2,1-6H3,(H,16,18);10,12,14H,2,6-9H2,1,3-5H3;4-8H,9H2,1-3H3,(H,13,14);5-9,13H,1H2,2-4H3;4-7H,1-3H3,(H,13,14);9H,5-8H2,1-4H3,(H,12,14);10,12-13H,1,5-8H2,2-4H3;10,12H,1,5-8H2,2-4H3;7,10H,3H2,1-2,4-6H3. The van der Waals surface area contributed by atoms with E-state index in [9.17, 15) is 24.0 Å². The number of hydrogen-bond acceptors (Lipinski definition) is 13. The molecule has 3 saturated heterocycles. The van der Waals surface area contributed by atoms with Gasteiger partial charge in [-0.15, -0.1) is 0 Å². The molecule has 2 aliphatic carbocycles. The van der Waals surface area contributed by atoms with Gasteiger partial charge in [0.15, 0.2) is 0 Å². The van der Waals surface area contributed by atoms with Crippen molar-refractivity contribution in [3.05, 3.63) is 162 Å². The minimum atomic E-state index is -0.502. The molecule has 5 aliphatic rings. The summed E-state index contributed by atoms with van der Waals surface area (Å²) < 4.78 is 5.36.